The minimum Gasteiger partial charge on any atom is -0.469 e. The summed E-state index contributed by atoms with van der Waals surface area (Å²) in [6.45, 7) is 0. The Morgan fingerprint density at radius 3 is 3.05 bits per heavy atom. The predicted molar refractivity (Wildman–Crippen MR) is 68.4 cm³/mol. The van der Waals surface area contributed by atoms with Crippen LogP contribution >= 0.6 is 0 Å². The maximum Gasteiger partial charge on any atom is 0.309 e. The number of nitrogens with one attached hydrogen (secondary N) is 1. The van der Waals surface area contributed by atoms with Crippen LogP contribution in [0.3, 0.4) is 0 Å². The van der Waals surface area contributed by atoms with Crippen LogP contribution in [-0.4, -0.2) is 28.2 Å². The zero-order valence-corrected chi connectivity index (χ0v) is 10.1. The van der Waals surface area contributed by atoms with E-state index in [1.54, 1.807) is 18.2 Å². The lowest BCUT2D eigenvalue weighted by Gasteiger charge is -1.93. The van der Waals surface area contributed by atoms with Crippen LogP contribution in [0.4, 0.5) is 5.69 Å². The molecule has 7 heteroatoms. The number of nitrogens with zero attached hydrogens (tertiary/aromatic N) is 2. The number of benzene rings is 1. The van der Waals surface area contributed by atoms with E-state index in [-0.39, 0.29) is 18.1 Å². The second kappa shape index (κ2) is 5.30. The van der Waals surface area contributed by atoms with Gasteiger partial charge in [-0.05, 0) is 12.1 Å². The summed E-state index contributed by atoms with van der Waals surface area (Å²) in [5.41, 5.74) is 1.24. The van der Waals surface area contributed by atoms with Crippen LogP contribution < -0.4 is 0 Å². The van der Waals surface area contributed by atoms with Crippen molar-refractivity contribution in [3.05, 3.63) is 40.1 Å². The van der Waals surface area contributed by atoms with E-state index in [0.717, 1.165) is 0 Å². The van der Waals surface area contributed by atoms with Gasteiger partial charge in [-0.1, -0.05) is 6.08 Å². The van der Waals surface area contributed by atoms with E-state index in [0.29, 0.717) is 16.6 Å². The molecule has 2 aromatic rings. The third-order valence-electron chi connectivity index (χ3n) is 2.57. The van der Waals surface area contributed by atoms with E-state index in [4.69, 9.17) is 0 Å². The molecule has 1 N–H and O–H groups in total. The van der Waals surface area contributed by atoms with Crippen molar-refractivity contribution in [3.8, 4) is 0 Å². The minimum atomic E-state index is -0.464. The van der Waals surface area contributed by atoms with Crippen molar-refractivity contribution in [2.45, 2.75) is 6.42 Å². The summed E-state index contributed by atoms with van der Waals surface area (Å²) in [4.78, 5) is 21.2. The van der Waals surface area contributed by atoms with E-state index in [1.165, 1.54) is 19.2 Å². The van der Waals surface area contributed by atoms with Crippen LogP contribution in [0, 0.1) is 10.1 Å². The van der Waals surface area contributed by atoms with Crippen LogP contribution in [0.15, 0.2) is 24.3 Å². The van der Waals surface area contributed by atoms with Crippen molar-refractivity contribution in [2.75, 3.05) is 7.11 Å². The molecule has 0 unspecified atom stereocenters. The Morgan fingerprint density at radius 2 is 2.37 bits per heavy atom. The molecule has 0 aliphatic rings. The second-order valence-corrected chi connectivity index (χ2v) is 3.78. The van der Waals surface area contributed by atoms with Gasteiger partial charge in [-0.2, -0.15) is 5.10 Å². The van der Waals surface area contributed by atoms with Gasteiger partial charge < -0.3 is 4.74 Å². The number of methoxy groups -OCH3 is 1. The van der Waals surface area contributed by atoms with Crippen LogP contribution in [0.5, 0.6) is 0 Å². The second-order valence-electron chi connectivity index (χ2n) is 3.78. The molecule has 1 aromatic carbocycles. The fraction of sp³-hybridized carbons (Fsp3) is 0.167. The third kappa shape index (κ3) is 2.76. The number of nitro groups is 1. The summed E-state index contributed by atoms with van der Waals surface area (Å²) in [5.74, 6) is -0.356. The standard InChI is InChI=1S/C12H11N3O4/c1-19-12(16)4-2-3-10-9-7-8(15(17)18)5-6-11(9)14-13-10/h2-3,5-7H,4H2,1H3,(H,13,14). The van der Waals surface area contributed by atoms with E-state index < -0.39 is 4.92 Å². The lowest BCUT2D eigenvalue weighted by atomic mass is 10.2. The molecule has 98 valence electrons. The number of carbonyl (C=O) groups is 1. The highest BCUT2D eigenvalue weighted by Gasteiger charge is 2.10. The number of fused-ring (bicyclic) bond motifs is 1. The molecule has 1 aromatic heterocycles. The molecule has 0 atom stereocenters. The van der Waals surface area contributed by atoms with Crippen molar-refractivity contribution in [1.29, 1.82) is 0 Å². The number of non-ortho nitro benzene ring substituents is 1. The quantitative estimate of drug-likeness (QED) is 0.516. The van der Waals surface area contributed by atoms with Gasteiger partial charge in [0.15, 0.2) is 0 Å². The van der Waals surface area contributed by atoms with Gasteiger partial charge >= 0.3 is 5.97 Å². The number of rotatable bonds is 4. The lowest BCUT2D eigenvalue weighted by Crippen LogP contribution is -1.96. The van der Waals surface area contributed by atoms with Crippen LogP contribution in [0.25, 0.3) is 17.0 Å². The molecular formula is C12H11N3O4. The predicted octanol–water partition coefficient (Wildman–Crippen LogP) is 2.05. The maximum absolute atomic E-state index is 11.0. The van der Waals surface area contributed by atoms with Crippen molar-refractivity contribution >= 4 is 28.6 Å². The molecular weight excluding hydrogens is 250 g/mol. The highest BCUT2D eigenvalue weighted by molar-refractivity contribution is 5.88. The fourth-order valence-corrected chi connectivity index (χ4v) is 1.61. The Labute approximate surface area is 108 Å². The molecule has 0 bridgehead atoms. The number of hydrogen-bond acceptors (Lipinski definition) is 5. The summed E-state index contributed by atoms with van der Waals surface area (Å²) in [6.07, 6.45) is 3.39. The molecule has 19 heavy (non-hydrogen) atoms. The van der Waals surface area contributed by atoms with Crippen LogP contribution in [0.1, 0.15) is 12.1 Å². The third-order valence-corrected chi connectivity index (χ3v) is 2.57. The SMILES string of the molecule is COC(=O)CC=Cc1[nH]nc2ccc([N+](=O)[O-])cc12. The topological polar surface area (TPSA) is 98.1 Å². The molecule has 0 saturated carbocycles. The number of nitro benzene ring substituents is 1. The van der Waals surface area contributed by atoms with Crippen LogP contribution in [0.2, 0.25) is 0 Å². The Hall–Kier alpha value is -2.70. The zero-order valence-electron chi connectivity index (χ0n) is 10.1. The first-order valence-electron chi connectivity index (χ1n) is 5.47. The van der Waals surface area contributed by atoms with E-state index in [9.17, 15) is 14.9 Å². The lowest BCUT2D eigenvalue weighted by molar-refractivity contribution is -0.384. The Bertz CT molecular complexity index is 660. The summed E-state index contributed by atoms with van der Waals surface area (Å²) in [7, 11) is 1.31. The molecule has 0 aliphatic carbocycles. The number of H-pyrrole nitrogens is 1. The monoisotopic (exact) mass is 261 g/mol. The average molecular weight is 261 g/mol. The zero-order chi connectivity index (χ0) is 13.8. The molecule has 0 saturated heterocycles. The van der Waals surface area contributed by atoms with E-state index in [1.807, 2.05) is 0 Å². The Kier molecular flexibility index (Phi) is 3.56. The fourth-order valence-electron chi connectivity index (χ4n) is 1.61. The van der Waals surface area contributed by atoms with Gasteiger partial charge in [0.25, 0.3) is 5.69 Å². The Morgan fingerprint density at radius 1 is 1.58 bits per heavy atom. The van der Waals surface area contributed by atoms with Gasteiger partial charge in [0, 0.05) is 17.5 Å². The molecule has 0 aliphatic heterocycles. The number of aromatic nitrogens is 2. The average Bonchev–Trinajstić information content (AvgIpc) is 2.81. The first kappa shape index (κ1) is 12.7. The first-order valence-corrected chi connectivity index (χ1v) is 5.47. The van der Waals surface area contributed by atoms with Crippen molar-refractivity contribution in [3.63, 3.8) is 0 Å². The van der Waals surface area contributed by atoms with Crippen molar-refractivity contribution in [2.24, 2.45) is 0 Å². The smallest absolute Gasteiger partial charge is 0.309 e. The highest BCUT2D eigenvalue weighted by atomic mass is 16.6. The maximum atomic E-state index is 11.0. The van der Waals surface area contributed by atoms with E-state index in [2.05, 4.69) is 14.9 Å². The molecule has 0 amide bonds. The summed E-state index contributed by atoms with van der Waals surface area (Å²) in [5, 5.41) is 18.1. The molecule has 2 rings (SSSR count). The number of hydrogen-bond donors (Lipinski definition) is 1. The van der Waals surface area contributed by atoms with Gasteiger partial charge in [0.05, 0.1) is 29.7 Å². The molecule has 0 radical (unpaired) electrons. The largest absolute Gasteiger partial charge is 0.469 e. The molecule has 0 fully saturated rings. The molecule has 7 nitrogen and oxygen atoms in total. The van der Waals surface area contributed by atoms with Gasteiger partial charge in [-0.15, -0.1) is 0 Å². The van der Waals surface area contributed by atoms with Crippen LogP contribution in [-0.2, 0) is 9.53 Å². The highest BCUT2D eigenvalue weighted by Crippen LogP contribution is 2.22. The minimum absolute atomic E-state index is 0.00322. The van der Waals surface area contributed by atoms with Crippen molar-refractivity contribution < 1.29 is 14.5 Å². The number of ether oxygens (including phenoxy) is 1. The first-order chi connectivity index (χ1) is 9.11. The van der Waals surface area contributed by atoms with Gasteiger partial charge in [-0.25, -0.2) is 0 Å². The van der Waals surface area contributed by atoms with E-state index >= 15 is 0 Å². The van der Waals surface area contributed by atoms with Gasteiger partial charge in [0.1, 0.15) is 0 Å². The summed E-state index contributed by atoms with van der Waals surface area (Å²) >= 11 is 0. The Balaban J connectivity index is 2.30. The number of carbonyl (C=O) groups excluding carboxylic acids is 1. The van der Waals surface area contributed by atoms with Gasteiger partial charge in [-0.3, -0.25) is 20.0 Å². The number of aromatic amines is 1. The summed E-state index contributed by atoms with van der Waals surface area (Å²) < 4.78 is 4.50. The number of esters is 1. The van der Waals surface area contributed by atoms with Crippen molar-refractivity contribution in [1.82, 2.24) is 10.2 Å². The van der Waals surface area contributed by atoms with Gasteiger partial charge in [0.2, 0.25) is 0 Å². The molecule has 1 heterocycles. The summed E-state index contributed by atoms with van der Waals surface area (Å²) in [6, 6.07) is 4.41. The molecule has 0 spiro atoms. The normalized spacial score (nSPS) is 11.0.